The first-order chi connectivity index (χ1) is 9.27. The molecule has 4 N–H and O–H groups in total. The zero-order valence-electron chi connectivity index (χ0n) is 10.3. The molecular weight excluding hydrogens is 277 g/mol. The lowest BCUT2D eigenvalue weighted by Crippen LogP contribution is -2.52. The fourth-order valence-electron chi connectivity index (χ4n) is 2.09. The van der Waals surface area contributed by atoms with Crippen molar-refractivity contribution in [2.45, 2.75) is 18.2 Å². The zero-order chi connectivity index (χ0) is 15.0. The second kappa shape index (κ2) is 4.86. The monoisotopic (exact) mass is 290 g/mol. The van der Waals surface area contributed by atoms with Crippen molar-refractivity contribution in [1.29, 1.82) is 0 Å². The maximum absolute atomic E-state index is 13.2. The highest BCUT2D eigenvalue weighted by Crippen LogP contribution is 2.41. The average Bonchev–Trinajstić information content (AvgIpc) is 2.80. The molecule has 0 amide bonds. The Morgan fingerprint density at radius 1 is 1.45 bits per heavy atom. The van der Waals surface area contributed by atoms with Gasteiger partial charge in [0, 0.05) is 13.0 Å². The first-order valence-corrected chi connectivity index (χ1v) is 5.85. The van der Waals surface area contributed by atoms with Gasteiger partial charge in [0.15, 0.2) is 5.75 Å². The van der Waals surface area contributed by atoms with Crippen LogP contribution < -0.4 is 15.8 Å². The van der Waals surface area contributed by atoms with Crippen LogP contribution in [0.4, 0.5) is 18.9 Å². The Bertz CT molecular complexity index is 525. The first-order valence-electron chi connectivity index (χ1n) is 5.85. The van der Waals surface area contributed by atoms with Crippen molar-refractivity contribution < 1.29 is 27.8 Å². The molecule has 20 heavy (non-hydrogen) atoms. The highest BCUT2D eigenvalue weighted by molar-refractivity contribution is 5.93. The normalized spacial score (nSPS) is 22.8. The summed E-state index contributed by atoms with van der Waals surface area (Å²) in [5, 5.41) is 11.6. The molecule has 1 saturated heterocycles. The molecule has 0 radical (unpaired) electrons. The highest BCUT2D eigenvalue weighted by Gasteiger charge is 2.59. The van der Waals surface area contributed by atoms with Gasteiger partial charge in [0.1, 0.15) is 5.56 Å². The molecule has 0 spiro atoms. The van der Waals surface area contributed by atoms with E-state index in [1.54, 1.807) is 0 Å². The Kier molecular flexibility index (Phi) is 3.51. The number of nitrogens with two attached hydrogens (primary N) is 1. The van der Waals surface area contributed by atoms with Crippen LogP contribution in [0.15, 0.2) is 18.2 Å². The lowest BCUT2D eigenvalue weighted by atomic mass is 10.0. The van der Waals surface area contributed by atoms with Gasteiger partial charge in [0.05, 0.1) is 5.69 Å². The molecule has 1 fully saturated rings. The Hall–Kier alpha value is -1.96. The van der Waals surface area contributed by atoms with Crippen molar-refractivity contribution in [3.63, 3.8) is 0 Å². The second-order valence-electron chi connectivity index (χ2n) is 4.55. The highest BCUT2D eigenvalue weighted by atomic mass is 19.4. The number of halogens is 3. The van der Waals surface area contributed by atoms with Gasteiger partial charge in [-0.05, 0) is 18.7 Å². The van der Waals surface area contributed by atoms with E-state index < -0.39 is 30.0 Å². The van der Waals surface area contributed by atoms with Crippen molar-refractivity contribution in [2.24, 2.45) is 0 Å². The number of carboxylic acids is 1. The minimum atomic E-state index is -4.63. The van der Waals surface area contributed by atoms with Crippen LogP contribution in [0, 0.1) is 0 Å². The SMILES string of the molecule is Nc1cccc(C(=O)O)c1OC1(C(F)(F)F)CCNC1. The van der Waals surface area contributed by atoms with E-state index in [2.05, 4.69) is 5.32 Å². The number of ether oxygens (including phenoxy) is 1. The number of hydrogen-bond donors (Lipinski definition) is 3. The van der Waals surface area contributed by atoms with Crippen molar-refractivity contribution in [1.82, 2.24) is 5.32 Å². The molecule has 1 atom stereocenters. The number of nitrogen functional groups attached to an aromatic ring is 1. The van der Waals surface area contributed by atoms with Crippen LogP contribution in [0.25, 0.3) is 0 Å². The molecule has 5 nitrogen and oxygen atoms in total. The van der Waals surface area contributed by atoms with Crippen LogP contribution in [-0.2, 0) is 0 Å². The molecule has 0 saturated carbocycles. The summed E-state index contributed by atoms with van der Waals surface area (Å²) in [7, 11) is 0. The number of carbonyl (C=O) groups is 1. The molecule has 1 aliphatic heterocycles. The molecule has 1 heterocycles. The number of carboxylic acid groups (broad SMARTS) is 1. The van der Waals surface area contributed by atoms with E-state index in [1.165, 1.54) is 12.1 Å². The average molecular weight is 290 g/mol. The van der Waals surface area contributed by atoms with Crippen molar-refractivity contribution in [3.05, 3.63) is 23.8 Å². The summed E-state index contributed by atoms with van der Waals surface area (Å²) in [5.74, 6) is -1.84. The van der Waals surface area contributed by atoms with Crippen LogP contribution >= 0.6 is 0 Å². The summed E-state index contributed by atoms with van der Waals surface area (Å²) < 4.78 is 44.7. The molecule has 1 aliphatic rings. The number of benzene rings is 1. The number of alkyl halides is 3. The van der Waals surface area contributed by atoms with Gasteiger partial charge in [-0.3, -0.25) is 0 Å². The summed E-state index contributed by atoms with van der Waals surface area (Å²) in [6, 6.07) is 3.80. The van der Waals surface area contributed by atoms with Gasteiger partial charge in [-0.1, -0.05) is 6.07 Å². The number of rotatable bonds is 3. The Labute approximate surface area is 112 Å². The summed E-state index contributed by atoms with van der Waals surface area (Å²) in [6.45, 7) is -0.307. The van der Waals surface area contributed by atoms with E-state index in [0.717, 1.165) is 6.07 Å². The molecule has 0 aromatic heterocycles. The van der Waals surface area contributed by atoms with Gasteiger partial charge in [-0.25, -0.2) is 4.79 Å². The quantitative estimate of drug-likeness (QED) is 0.737. The van der Waals surface area contributed by atoms with E-state index in [-0.39, 0.29) is 24.2 Å². The molecule has 1 unspecified atom stereocenters. The van der Waals surface area contributed by atoms with E-state index >= 15 is 0 Å². The largest absolute Gasteiger partial charge is 0.478 e. The second-order valence-corrected chi connectivity index (χ2v) is 4.55. The van der Waals surface area contributed by atoms with Gasteiger partial charge >= 0.3 is 12.1 Å². The van der Waals surface area contributed by atoms with Crippen LogP contribution in [-0.4, -0.2) is 35.9 Å². The summed E-state index contributed by atoms with van der Waals surface area (Å²) >= 11 is 0. The molecule has 1 aromatic carbocycles. The van der Waals surface area contributed by atoms with E-state index in [1.807, 2.05) is 0 Å². The van der Waals surface area contributed by atoms with Gasteiger partial charge < -0.3 is 20.9 Å². The summed E-state index contributed by atoms with van der Waals surface area (Å²) in [4.78, 5) is 11.1. The molecule has 0 aliphatic carbocycles. The van der Waals surface area contributed by atoms with Gasteiger partial charge in [0.2, 0.25) is 5.60 Å². The lowest BCUT2D eigenvalue weighted by Gasteiger charge is -2.32. The van der Waals surface area contributed by atoms with E-state index in [0.29, 0.717) is 0 Å². The minimum Gasteiger partial charge on any atom is -0.478 e. The zero-order valence-corrected chi connectivity index (χ0v) is 10.3. The molecule has 0 bridgehead atoms. The standard InChI is InChI=1S/C12H13F3N2O3/c13-12(14,15)11(4-5-17-6-11)20-9-7(10(18)19)2-1-3-8(9)16/h1-3,17H,4-6,16H2,(H,18,19). The maximum Gasteiger partial charge on any atom is 0.429 e. The van der Waals surface area contributed by atoms with Crippen LogP contribution in [0.5, 0.6) is 5.75 Å². The molecule has 1 aromatic rings. The smallest absolute Gasteiger partial charge is 0.429 e. The van der Waals surface area contributed by atoms with Crippen LogP contribution in [0.1, 0.15) is 16.8 Å². The topological polar surface area (TPSA) is 84.6 Å². The van der Waals surface area contributed by atoms with Crippen molar-refractivity contribution in [3.8, 4) is 5.75 Å². The fourth-order valence-corrected chi connectivity index (χ4v) is 2.09. The third-order valence-electron chi connectivity index (χ3n) is 3.21. The van der Waals surface area contributed by atoms with E-state index in [9.17, 15) is 18.0 Å². The van der Waals surface area contributed by atoms with Crippen molar-refractivity contribution in [2.75, 3.05) is 18.8 Å². The van der Waals surface area contributed by atoms with Crippen LogP contribution in [0.2, 0.25) is 0 Å². The van der Waals surface area contributed by atoms with Crippen molar-refractivity contribution >= 4 is 11.7 Å². The Balaban J connectivity index is 2.45. The number of hydrogen-bond acceptors (Lipinski definition) is 4. The molecule has 2 rings (SSSR count). The van der Waals surface area contributed by atoms with Gasteiger partial charge in [-0.15, -0.1) is 0 Å². The molecular formula is C12H13F3N2O3. The first kappa shape index (κ1) is 14.4. The third kappa shape index (κ3) is 2.38. The maximum atomic E-state index is 13.2. The Morgan fingerprint density at radius 2 is 2.15 bits per heavy atom. The Morgan fingerprint density at radius 3 is 2.65 bits per heavy atom. The fraction of sp³-hybridized carbons (Fsp3) is 0.417. The number of anilines is 1. The molecule has 110 valence electrons. The predicted octanol–water partition coefficient (Wildman–Crippen LogP) is 1.64. The predicted molar refractivity (Wildman–Crippen MR) is 64.7 cm³/mol. The molecule has 8 heteroatoms. The third-order valence-corrected chi connectivity index (χ3v) is 3.21. The number of aromatic carboxylic acids is 1. The van der Waals surface area contributed by atoms with Gasteiger partial charge in [0.25, 0.3) is 0 Å². The number of nitrogens with one attached hydrogen (secondary N) is 1. The lowest BCUT2D eigenvalue weighted by molar-refractivity contribution is -0.240. The van der Waals surface area contributed by atoms with Crippen LogP contribution in [0.3, 0.4) is 0 Å². The van der Waals surface area contributed by atoms with E-state index in [4.69, 9.17) is 15.6 Å². The minimum absolute atomic E-state index is 0.134. The van der Waals surface area contributed by atoms with Gasteiger partial charge in [-0.2, -0.15) is 13.2 Å². The summed E-state index contributed by atoms with van der Waals surface area (Å²) in [6.07, 6.45) is -4.93. The number of para-hydroxylation sites is 1. The summed E-state index contributed by atoms with van der Waals surface area (Å²) in [5.41, 5.74) is 2.58.